The molecule has 1 saturated carbocycles. The fraction of sp³-hybridized carbons (Fsp3) is 0.667. The van der Waals surface area contributed by atoms with E-state index in [1.54, 1.807) is 0 Å². The summed E-state index contributed by atoms with van der Waals surface area (Å²) in [7, 11) is 4.23. The lowest BCUT2D eigenvalue weighted by Gasteiger charge is -2.27. The average Bonchev–Trinajstić information content (AvgIpc) is 3.11. The van der Waals surface area contributed by atoms with Crippen molar-refractivity contribution in [2.24, 2.45) is 5.92 Å². The van der Waals surface area contributed by atoms with Gasteiger partial charge in [0, 0.05) is 24.3 Å². The summed E-state index contributed by atoms with van der Waals surface area (Å²) < 4.78 is 0. The summed E-state index contributed by atoms with van der Waals surface area (Å²) >= 11 is 0. The molecule has 1 aromatic rings. The molecule has 3 unspecified atom stereocenters. The van der Waals surface area contributed by atoms with Crippen molar-refractivity contribution in [2.45, 2.75) is 50.7 Å². The van der Waals surface area contributed by atoms with Crippen molar-refractivity contribution in [3.63, 3.8) is 0 Å². The molecule has 1 aromatic carbocycles. The van der Waals surface area contributed by atoms with Gasteiger partial charge in [0.2, 0.25) is 0 Å². The third-order valence-corrected chi connectivity index (χ3v) is 4.99. The Labute approximate surface area is 129 Å². The molecule has 3 atom stereocenters. The van der Waals surface area contributed by atoms with Gasteiger partial charge in [-0.1, -0.05) is 18.6 Å². The second-order valence-electron chi connectivity index (χ2n) is 6.98. The zero-order chi connectivity index (χ0) is 14.7. The molecule has 0 aromatic heterocycles. The van der Waals surface area contributed by atoms with Crippen LogP contribution in [0.1, 0.15) is 37.7 Å². The molecule has 1 aliphatic heterocycles. The van der Waals surface area contributed by atoms with Gasteiger partial charge in [0.25, 0.3) is 0 Å². The Bertz CT molecular complexity index is 434. The summed E-state index contributed by atoms with van der Waals surface area (Å²) in [4.78, 5) is 2.21. The Balaban J connectivity index is 1.59. The fourth-order valence-corrected chi connectivity index (χ4v) is 4.01. The van der Waals surface area contributed by atoms with Crippen molar-refractivity contribution in [3.8, 4) is 0 Å². The van der Waals surface area contributed by atoms with Crippen molar-refractivity contribution >= 4 is 5.69 Å². The summed E-state index contributed by atoms with van der Waals surface area (Å²) in [6.45, 7) is 2.23. The van der Waals surface area contributed by atoms with E-state index in [9.17, 15) is 0 Å². The van der Waals surface area contributed by atoms with Crippen molar-refractivity contribution in [2.75, 3.05) is 26.0 Å². The van der Waals surface area contributed by atoms with E-state index < -0.39 is 0 Å². The van der Waals surface area contributed by atoms with Gasteiger partial charge in [0.15, 0.2) is 0 Å². The molecule has 0 amide bonds. The molecule has 1 heterocycles. The van der Waals surface area contributed by atoms with Crippen LogP contribution in [0, 0.1) is 5.92 Å². The normalized spacial score (nSPS) is 29.2. The van der Waals surface area contributed by atoms with Crippen LogP contribution < -0.4 is 10.6 Å². The Kier molecular flexibility index (Phi) is 4.81. The van der Waals surface area contributed by atoms with Crippen LogP contribution in [0.5, 0.6) is 0 Å². The maximum absolute atomic E-state index is 3.79. The predicted octanol–water partition coefficient (Wildman–Crippen LogP) is 3.08. The van der Waals surface area contributed by atoms with Crippen LogP contribution >= 0.6 is 0 Å². The van der Waals surface area contributed by atoms with Gasteiger partial charge in [-0.2, -0.15) is 0 Å². The van der Waals surface area contributed by atoms with Crippen molar-refractivity contribution in [3.05, 3.63) is 29.8 Å². The Morgan fingerprint density at radius 2 is 1.90 bits per heavy atom. The minimum Gasteiger partial charge on any atom is -0.382 e. The largest absolute Gasteiger partial charge is 0.382 e. The molecule has 116 valence electrons. The van der Waals surface area contributed by atoms with E-state index in [4.69, 9.17) is 0 Å². The molecule has 21 heavy (non-hydrogen) atoms. The minimum atomic E-state index is 0.653. The van der Waals surface area contributed by atoms with Gasteiger partial charge in [-0.25, -0.2) is 0 Å². The van der Waals surface area contributed by atoms with Crippen LogP contribution in [0.4, 0.5) is 5.69 Å². The molecular formula is C18H29N3. The molecule has 2 aliphatic rings. The third-order valence-electron chi connectivity index (χ3n) is 4.99. The fourth-order valence-electron chi connectivity index (χ4n) is 4.01. The molecule has 0 radical (unpaired) electrons. The molecular weight excluding hydrogens is 258 g/mol. The summed E-state index contributed by atoms with van der Waals surface area (Å²) in [6.07, 6.45) is 6.80. The highest BCUT2D eigenvalue weighted by Crippen LogP contribution is 2.33. The monoisotopic (exact) mass is 287 g/mol. The van der Waals surface area contributed by atoms with Gasteiger partial charge in [0.05, 0.1) is 0 Å². The molecule has 2 N–H and O–H groups in total. The molecule has 2 fully saturated rings. The SMILES string of the molecule is CN(C)Cc1ccc(NC2CCCC2C2CCCN2)cc1. The molecule has 1 aliphatic carbocycles. The van der Waals surface area contributed by atoms with E-state index >= 15 is 0 Å². The predicted molar refractivity (Wildman–Crippen MR) is 89.6 cm³/mol. The van der Waals surface area contributed by atoms with Crippen molar-refractivity contribution in [1.82, 2.24) is 10.2 Å². The minimum absolute atomic E-state index is 0.653. The molecule has 0 spiro atoms. The third kappa shape index (κ3) is 3.78. The Morgan fingerprint density at radius 3 is 2.57 bits per heavy atom. The van der Waals surface area contributed by atoms with Gasteiger partial charge in [-0.05, 0) is 69.9 Å². The van der Waals surface area contributed by atoms with Gasteiger partial charge in [0.1, 0.15) is 0 Å². The van der Waals surface area contributed by atoms with E-state index in [1.165, 1.54) is 49.9 Å². The van der Waals surface area contributed by atoms with E-state index in [0.717, 1.165) is 18.5 Å². The first-order chi connectivity index (χ1) is 10.2. The maximum Gasteiger partial charge on any atom is 0.0342 e. The van der Waals surface area contributed by atoms with E-state index in [2.05, 4.69) is 53.9 Å². The summed E-state index contributed by atoms with van der Waals surface area (Å²) in [5.74, 6) is 0.814. The van der Waals surface area contributed by atoms with Crippen LogP contribution in [-0.2, 0) is 6.54 Å². The Morgan fingerprint density at radius 1 is 1.10 bits per heavy atom. The second-order valence-corrected chi connectivity index (χ2v) is 6.98. The summed E-state index contributed by atoms with van der Waals surface area (Å²) in [5.41, 5.74) is 2.67. The lowest BCUT2D eigenvalue weighted by Crippen LogP contribution is -2.38. The van der Waals surface area contributed by atoms with Crippen molar-refractivity contribution < 1.29 is 0 Å². The van der Waals surface area contributed by atoms with Gasteiger partial charge in [-0.15, -0.1) is 0 Å². The highest BCUT2D eigenvalue weighted by Gasteiger charge is 2.34. The Hall–Kier alpha value is -1.06. The number of hydrogen-bond donors (Lipinski definition) is 2. The first kappa shape index (κ1) is 14.9. The van der Waals surface area contributed by atoms with E-state index in [-0.39, 0.29) is 0 Å². The van der Waals surface area contributed by atoms with Gasteiger partial charge >= 0.3 is 0 Å². The zero-order valence-electron chi connectivity index (χ0n) is 13.4. The van der Waals surface area contributed by atoms with Crippen LogP contribution in [-0.4, -0.2) is 37.6 Å². The number of hydrogen-bond acceptors (Lipinski definition) is 3. The first-order valence-electron chi connectivity index (χ1n) is 8.46. The highest BCUT2D eigenvalue weighted by molar-refractivity contribution is 5.46. The van der Waals surface area contributed by atoms with E-state index in [0.29, 0.717) is 6.04 Å². The smallest absolute Gasteiger partial charge is 0.0342 e. The van der Waals surface area contributed by atoms with Gasteiger partial charge in [-0.3, -0.25) is 0 Å². The molecule has 1 saturated heterocycles. The number of benzene rings is 1. The standard InChI is InChI=1S/C18H29N3/c1-21(2)13-14-8-10-15(11-9-14)20-18-6-3-5-16(18)17-7-4-12-19-17/h8-11,16-20H,3-7,12-13H2,1-2H3. The quantitative estimate of drug-likeness (QED) is 0.871. The molecule has 3 nitrogen and oxygen atoms in total. The van der Waals surface area contributed by atoms with Crippen molar-refractivity contribution in [1.29, 1.82) is 0 Å². The molecule has 3 rings (SSSR count). The number of nitrogens with zero attached hydrogens (tertiary/aromatic N) is 1. The topological polar surface area (TPSA) is 27.3 Å². The molecule has 3 heteroatoms. The maximum atomic E-state index is 3.79. The highest BCUT2D eigenvalue weighted by atomic mass is 15.0. The zero-order valence-corrected chi connectivity index (χ0v) is 13.4. The first-order valence-corrected chi connectivity index (χ1v) is 8.46. The van der Waals surface area contributed by atoms with Crippen LogP contribution in [0.25, 0.3) is 0 Å². The number of anilines is 1. The lowest BCUT2D eigenvalue weighted by molar-refractivity contribution is 0.376. The van der Waals surface area contributed by atoms with Crippen LogP contribution in [0.3, 0.4) is 0 Å². The van der Waals surface area contributed by atoms with E-state index in [1.807, 2.05) is 0 Å². The lowest BCUT2D eigenvalue weighted by atomic mass is 9.93. The summed E-state index contributed by atoms with van der Waals surface area (Å²) in [6, 6.07) is 10.4. The number of rotatable bonds is 5. The summed E-state index contributed by atoms with van der Waals surface area (Å²) in [5, 5.41) is 7.49. The number of nitrogens with one attached hydrogen (secondary N) is 2. The van der Waals surface area contributed by atoms with Crippen LogP contribution in [0.2, 0.25) is 0 Å². The van der Waals surface area contributed by atoms with Crippen LogP contribution in [0.15, 0.2) is 24.3 Å². The average molecular weight is 287 g/mol. The second kappa shape index (κ2) is 6.80. The van der Waals surface area contributed by atoms with Gasteiger partial charge < -0.3 is 15.5 Å². The molecule has 0 bridgehead atoms.